The first kappa shape index (κ1) is 21.0. The molecular weight excluding hydrogens is 395 g/mol. The smallest absolute Gasteiger partial charge is 0.293 e. The average molecular weight is 416 g/mol. The molecule has 2 aromatic carbocycles. The van der Waals surface area contributed by atoms with Gasteiger partial charge in [0.25, 0.3) is 17.5 Å². The van der Waals surface area contributed by atoms with E-state index in [-0.39, 0.29) is 17.0 Å². The van der Waals surface area contributed by atoms with Gasteiger partial charge in [-0.3, -0.25) is 30.6 Å². The third-order valence-electron chi connectivity index (χ3n) is 4.61. The SMILES string of the molecule is O=C(COc1cccc(F)c1)NNC(=O)c1ccc(N2CCCCC2)c([N+](=O)[O-])c1. The van der Waals surface area contributed by atoms with Crippen molar-refractivity contribution in [2.75, 3.05) is 24.6 Å². The van der Waals surface area contributed by atoms with Crippen molar-refractivity contribution in [3.8, 4) is 5.75 Å². The molecule has 0 bridgehead atoms. The Balaban J connectivity index is 1.58. The second-order valence-corrected chi connectivity index (χ2v) is 6.76. The van der Waals surface area contributed by atoms with Crippen molar-refractivity contribution >= 4 is 23.2 Å². The third kappa shape index (κ3) is 5.43. The molecule has 0 aliphatic carbocycles. The summed E-state index contributed by atoms with van der Waals surface area (Å²) >= 11 is 0. The summed E-state index contributed by atoms with van der Waals surface area (Å²) in [6, 6.07) is 9.49. The molecule has 158 valence electrons. The van der Waals surface area contributed by atoms with Crippen LogP contribution in [-0.4, -0.2) is 36.4 Å². The van der Waals surface area contributed by atoms with Crippen LogP contribution in [0, 0.1) is 15.9 Å². The number of nitro groups is 1. The van der Waals surface area contributed by atoms with Gasteiger partial charge in [-0.05, 0) is 43.5 Å². The first-order chi connectivity index (χ1) is 14.4. The van der Waals surface area contributed by atoms with Crippen LogP contribution in [0.1, 0.15) is 29.6 Å². The summed E-state index contributed by atoms with van der Waals surface area (Å²) < 4.78 is 18.2. The number of amides is 2. The van der Waals surface area contributed by atoms with Crippen molar-refractivity contribution in [2.45, 2.75) is 19.3 Å². The number of nitrogens with zero attached hydrogens (tertiary/aromatic N) is 2. The summed E-state index contributed by atoms with van der Waals surface area (Å²) in [5, 5.41) is 11.5. The standard InChI is InChI=1S/C20H21FN4O5/c21-15-5-4-6-16(12-15)30-13-19(26)22-23-20(27)14-7-8-17(18(11-14)25(28)29)24-9-2-1-3-10-24/h4-8,11-12H,1-3,9-10,13H2,(H,22,26)(H,23,27). The lowest BCUT2D eigenvalue weighted by atomic mass is 10.1. The van der Waals surface area contributed by atoms with E-state index in [9.17, 15) is 24.1 Å². The van der Waals surface area contributed by atoms with Gasteiger partial charge in [-0.2, -0.15) is 0 Å². The fourth-order valence-corrected chi connectivity index (χ4v) is 3.15. The zero-order chi connectivity index (χ0) is 21.5. The molecule has 1 aliphatic rings. The van der Waals surface area contributed by atoms with Gasteiger partial charge in [-0.15, -0.1) is 0 Å². The highest BCUT2D eigenvalue weighted by molar-refractivity contribution is 5.96. The van der Waals surface area contributed by atoms with Crippen molar-refractivity contribution in [1.82, 2.24) is 10.9 Å². The number of piperidine rings is 1. The number of halogens is 1. The van der Waals surface area contributed by atoms with E-state index in [2.05, 4.69) is 10.9 Å². The van der Waals surface area contributed by atoms with Gasteiger partial charge in [0.1, 0.15) is 17.3 Å². The van der Waals surface area contributed by atoms with Gasteiger partial charge < -0.3 is 9.64 Å². The van der Waals surface area contributed by atoms with Crippen LogP contribution < -0.4 is 20.5 Å². The summed E-state index contributed by atoms with van der Waals surface area (Å²) in [5.41, 5.74) is 4.69. The number of carbonyl (C=O) groups is 2. The maximum Gasteiger partial charge on any atom is 0.293 e. The van der Waals surface area contributed by atoms with E-state index in [1.165, 1.54) is 30.3 Å². The molecule has 1 heterocycles. The van der Waals surface area contributed by atoms with Crippen molar-refractivity contribution in [3.63, 3.8) is 0 Å². The van der Waals surface area contributed by atoms with Crippen LogP contribution in [0.15, 0.2) is 42.5 Å². The van der Waals surface area contributed by atoms with Crippen LogP contribution in [0.5, 0.6) is 5.75 Å². The molecule has 30 heavy (non-hydrogen) atoms. The molecule has 3 rings (SSSR count). The van der Waals surface area contributed by atoms with Crippen molar-refractivity contribution < 1.29 is 23.6 Å². The Morgan fingerprint density at radius 1 is 1.10 bits per heavy atom. The number of benzene rings is 2. The van der Waals surface area contributed by atoms with E-state index in [4.69, 9.17) is 4.74 Å². The first-order valence-corrected chi connectivity index (χ1v) is 9.45. The van der Waals surface area contributed by atoms with Gasteiger partial charge in [0.15, 0.2) is 6.61 Å². The predicted molar refractivity (Wildman–Crippen MR) is 107 cm³/mol. The molecule has 1 saturated heterocycles. The minimum Gasteiger partial charge on any atom is -0.484 e. The summed E-state index contributed by atoms with van der Waals surface area (Å²) in [5.74, 6) is -1.72. The number of ether oxygens (including phenoxy) is 1. The van der Waals surface area contributed by atoms with E-state index < -0.39 is 29.2 Å². The molecule has 2 aromatic rings. The molecule has 1 fully saturated rings. The van der Waals surface area contributed by atoms with Gasteiger partial charge in [0.2, 0.25) is 0 Å². The number of nitrogens with one attached hydrogen (secondary N) is 2. The summed E-state index contributed by atoms with van der Waals surface area (Å²) in [6.07, 6.45) is 3.01. The molecule has 9 nitrogen and oxygen atoms in total. The number of nitro benzene ring substituents is 1. The van der Waals surface area contributed by atoms with Crippen molar-refractivity contribution in [3.05, 3.63) is 64.0 Å². The largest absolute Gasteiger partial charge is 0.484 e. The normalized spacial score (nSPS) is 13.4. The van der Waals surface area contributed by atoms with Crippen LogP contribution in [0.3, 0.4) is 0 Å². The van der Waals surface area contributed by atoms with Gasteiger partial charge in [-0.25, -0.2) is 4.39 Å². The van der Waals surface area contributed by atoms with Crippen molar-refractivity contribution in [2.24, 2.45) is 0 Å². The molecular formula is C20H21FN4O5. The van der Waals surface area contributed by atoms with Crippen LogP contribution in [0.25, 0.3) is 0 Å². The lowest BCUT2D eigenvalue weighted by molar-refractivity contribution is -0.384. The topological polar surface area (TPSA) is 114 Å². The fourth-order valence-electron chi connectivity index (χ4n) is 3.15. The molecule has 10 heteroatoms. The van der Waals surface area contributed by atoms with Gasteiger partial charge >= 0.3 is 0 Å². The molecule has 0 radical (unpaired) electrons. The second kappa shape index (κ2) is 9.68. The molecule has 0 spiro atoms. The van der Waals surface area contributed by atoms with E-state index in [0.29, 0.717) is 5.69 Å². The molecule has 0 aromatic heterocycles. The predicted octanol–water partition coefficient (Wildman–Crippen LogP) is 2.56. The lowest BCUT2D eigenvalue weighted by Gasteiger charge is -2.28. The highest BCUT2D eigenvalue weighted by Gasteiger charge is 2.23. The van der Waals surface area contributed by atoms with E-state index >= 15 is 0 Å². The number of hydrazine groups is 1. The van der Waals surface area contributed by atoms with E-state index in [1.807, 2.05) is 4.90 Å². The van der Waals surface area contributed by atoms with Gasteiger partial charge in [0, 0.05) is 30.8 Å². The maximum absolute atomic E-state index is 13.1. The van der Waals surface area contributed by atoms with Crippen molar-refractivity contribution in [1.29, 1.82) is 0 Å². The highest BCUT2D eigenvalue weighted by Crippen LogP contribution is 2.31. The number of anilines is 1. The van der Waals surface area contributed by atoms with Crippen LogP contribution in [0.4, 0.5) is 15.8 Å². The highest BCUT2D eigenvalue weighted by atomic mass is 19.1. The monoisotopic (exact) mass is 416 g/mol. The molecule has 2 N–H and O–H groups in total. The summed E-state index contributed by atoms with van der Waals surface area (Å²) in [6.45, 7) is 1.01. The van der Waals surface area contributed by atoms with Gasteiger partial charge in [-0.1, -0.05) is 6.07 Å². The summed E-state index contributed by atoms with van der Waals surface area (Å²) in [7, 11) is 0. The number of hydrogen-bond donors (Lipinski definition) is 2. The Labute approximate surface area is 171 Å². The molecule has 2 amide bonds. The van der Waals surface area contributed by atoms with Crippen LogP contribution >= 0.6 is 0 Å². The Bertz CT molecular complexity index is 947. The zero-order valence-electron chi connectivity index (χ0n) is 16.1. The minimum absolute atomic E-state index is 0.0359. The number of carbonyl (C=O) groups excluding carboxylic acids is 2. The Morgan fingerprint density at radius 3 is 2.57 bits per heavy atom. The lowest BCUT2D eigenvalue weighted by Crippen LogP contribution is -2.43. The van der Waals surface area contributed by atoms with Gasteiger partial charge in [0.05, 0.1) is 4.92 Å². The average Bonchev–Trinajstić information content (AvgIpc) is 2.76. The third-order valence-corrected chi connectivity index (χ3v) is 4.61. The molecule has 0 atom stereocenters. The zero-order valence-corrected chi connectivity index (χ0v) is 16.1. The fraction of sp³-hybridized carbons (Fsp3) is 0.300. The van der Waals surface area contributed by atoms with Crippen LogP contribution in [0.2, 0.25) is 0 Å². The minimum atomic E-state index is -0.706. The number of hydrogen-bond acceptors (Lipinski definition) is 6. The second-order valence-electron chi connectivity index (χ2n) is 6.76. The Morgan fingerprint density at radius 2 is 1.87 bits per heavy atom. The quantitative estimate of drug-likeness (QED) is 0.553. The Hall–Kier alpha value is -3.69. The molecule has 1 aliphatic heterocycles. The van der Waals surface area contributed by atoms with Crippen LogP contribution in [-0.2, 0) is 4.79 Å². The first-order valence-electron chi connectivity index (χ1n) is 9.45. The van der Waals surface area contributed by atoms with E-state index in [1.54, 1.807) is 6.07 Å². The number of rotatable bonds is 6. The molecule has 0 saturated carbocycles. The summed E-state index contributed by atoms with van der Waals surface area (Å²) in [4.78, 5) is 37.0. The maximum atomic E-state index is 13.1. The molecule has 0 unspecified atom stereocenters. The Kier molecular flexibility index (Phi) is 6.79. The van der Waals surface area contributed by atoms with E-state index in [0.717, 1.165) is 38.4 Å².